The van der Waals surface area contributed by atoms with E-state index in [-0.39, 0.29) is 17.8 Å². The molecule has 0 radical (unpaired) electrons. The molecule has 0 aliphatic heterocycles. The molecule has 0 bridgehead atoms. The molecule has 0 N–H and O–H groups in total. The Kier molecular flexibility index (Phi) is 4.60. The maximum atomic E-state index is 13.8. The normalized spacial score (nSPS) is 10.8. The summed E-state index contributed by atoms with van der Waals surface area (Å²) in [5.41, 5.74) is 1.36. The number of halogens is 3. The van der Waals surface area contributed by atoms with E-state index in [0.717, 1.165) is 0 Å². The average Bonchev–Trinajstić information content (AvgIpc) is 2.66. The lowest BCUT2D eigenvalue weighted by atomic mass is 10.1. The van der Waals surface area contributed by atoms with Crippen LogP contribution in [-0.4, -0.2) is 15.6 Å². The van der Waals surface area contributed by atoms with Crippen molar-refractivity contribution in [2.45, 2.75) is 26.8 Å². The van der Waals surface area contributed by atoms with Crippen molar-refractivity contribution in [2.24, 2.45) is 0 Å². The second-order valence-electron chi connectivity index (χ2n) is 4.39. The van der Waals surface area contributed by atoms with Gasteiger partial charge in [-0.25, -0.2) is 4.39 Å². The van der Waals surface area contributed by atoms with Gasteiger partial charge in [-0.15, -0.1) is 0 Å². The second kappa shape index (κ2) is 6.06. The highest BCUT2D eigenvalue weighted by molar-refractivity contribution is 9.10. The third kappa shape index (κ3) is 2.94. The van der Waals surface area contributed by atoms with Gasteiger partial charge in [-0.1, -0.05) is 27.5 Å². The lowest BCUT2D eigenvalue weighted by molar-refractivity contribution is 0.0986. The fourth-order valence-electron chi connectivity index (χ4n) is 2.00. The van der Waals surface area contributed by atoms with Gasteiger partial charge in [0.1, 0.15) is 5.82 Å². The monoisotopic (exact) mass is 358 g/mol. The lowest BCUT2D eigenvalue weighted by Gasteiger charge is -2.06. The minimum atomic E-state index is -0.542. The Balaban J connectivity index is 2.32. The van der Waals surface area contributed by atoms with Crippen molar-refractivity contribution >= 4 is 33.3 Å². The Morgan fingerprint density at radius 3 is 2.80 bits per heavy atom. The highest BCUT2D eigenvalue weighted by Crippen LogP contribution is 2.23. The molecule has 2 aromatic rings. The molecule has 0 atom stereocenters. The maximum absolute atomic E-state index is 13.8. The van der Waals surface area contributed by atoms with Gasteiger partial charge in [-0.3, -0.25) is 9.48 Å². The zero-order valence-electron chi connectivity index (χ0n) is 11.1. The van der Waals surface area contributed by atoms with Crippen molar-refractivity contribution in [3.05, 3.63) is 50.5 Å². The molecule has 1 heterocycles. The van der Waals surface area contributed by atoms with Crippen LogP contribution in [0.4, 0.5) is 4.39 Å². The van der Waals surface area contributed by atoms with Gasteiger partial charge in [0.05, 0.1) is 28.4 Å². The number of Topliss-reactive ketones (excluding diaryl/α,β-unsaturated/α-hetero) is 1. The minimum Gasteiger partial charge on any atom is -0.294 e. The Morgan fingerprint density at radius 1 is 1.50 bits per heavy atom. The van der Waals surface area contributed by atoms with Gasteiger partial charge in [-0.05, 0) is 32.0 Å². The molecule has 3 nitrogen and oxygen atoms in total. The van der Waals surface area contributed by atoms with E-state index in [1.54, 1.807) is 17.7 Å². The highest BCUT2D eigenvalue weighted by atomic mass is 79.9. The predicted octanol–water partition coefficient (Wildman–Crippen LogP) is 4.19. The van der Waals surface area contributed by atoms with Crippen LogP contribution < -0.4 is 0 Å². The number of carbonyl (C=O) groups excluding carboxylic acids is 1. The van der Waals surface area contributed by atoms with Crippen LogP contribution in [0.3, 0.4) is 0 Å². The third-order valence-corrected chi connectivity index (χ3v) is 4.00. The molecule has 2 rings (SSSR count). The van der Waals surface area contributed by atoms with Crippen LogP contribution in [0, 0.1) is 12.7 Å². The summed E-state index contributed by atoms with van der Waals surface area (Å²) in [5, 5.41) is 4.71. The average molecular weight is 360 g/mol. The fraction of sp³-hybridized carbons (Fsp3) is 0.286. The number of hydrogen-bond donors (Lipinski definition) is 0. The Hall–Kier alpha value is -1.20. The number of aryl methyl sites for hydroxylation is 2. The van der Waals surface area contributed by atoms with E-state index < -0.39 is 5.82 Å². The highest BCUT2D eigenvalue weighted by Gasteiger charge is 2.19. The van der Waals surface area contributed by atoms with E-state index in [9.17, 15) is 9.18 Å². The molecule has 0 aliphatic rings. The SMILES string of the molecule is CCn1nc(C)c(Cl)c1CC(=O)c1ccc(Br)cc1F. The molecule has 0 aliphatic carbocycles. The largest absolute Gasteiger partial charge is 0.294 e. The number of hydrogen-bond acceptors (Lipinski definition) is 2. The van der Waals surface area contributed by atoms with Gasteiger partial charge in [0.2, 0.25) is 0 Å². The first-order valence-corrected chi connectivity index (χ1v) is 7.31. The molecule has 1 aromatic heterocycles. The van der Waals surface area contributed by atoms with E-state index in [2.05, 4.69) is 21.0 Å². The number of aromatic nitrogens is 2. The first-order valence-electron chi connectivity index (χ1n) is 6.14. The van der Waals surface area contributed by atoms with Crippen molar-refractivity contribution in [3.63, 3.8) is 0 Å². The van der Waals surface area contributed by atoms with Crippen LogP contribution in [-0.2, 0) is 13.0 Å². The number of ketones is 1. The zero-order valence-corrected chi connectivity index (χ0v) is 13.4. The van der Waals surface area contributed by atoms with Gasteiger partial charge in [0, 0.05) is 11.0 Å². The van der Waals surface area contributed by atoms with Crippen molar-refractivity contribution in [1.29, 1.82) is 0 Å². The van der Waals surface area contributed by atoms with E-state index in [1.807, 2.05) is 6.92 Å². The predicted molar refractivity (Wildman–Crippen MR) is 79.8 cm³/mol. The standard InChI is InChI=1S/C14H13BrClFN2O/c1-3-19-12(14(16)8(2)18-19)7-13(20)10-5-4-9(15)6-11(10)17/h4-6H,3,7H2,1-2H3. The van der Waals surface area contributed by atoms with Gasteiger partial charge in [0.25, 0.3) is 0 Å². The van der Waals surface area contributed by atoms with Gasteiger partial charge in [-0.2, -0.15) is 5.10 Å². The van der Waals surface area contributed by atoms with Crippen molar-refractivity contribution in [3.8, 4) is 0 Å². The first kappa shape index (κ1) is 15.2. The van der Waals surface area contributed by atoms with E-state index in [4.69, 9.17) is 11.6 Å². The molecule has 0 unspecified atom stereocenters. The van der Waals surface area contributed by atoms with Crippen molar-refractivity contribution in [1.82, 2.24) is 9.78 Å². The summed E-state index contributed by atoms with van der Waals surface area (Å²) in [6.07, 6.45) is 0.0338. The first-order chi connectivity index (χ1) is 9.43. The van der Waals surface area contributed by atoms with Crippen LogP contribution in [0.2, 0.25) is 5.02 Å². The van der Waals surface area contributed by atoms with Crippen LogP contribution in [0.15, 0.2) is 22.7 Å². The van der Waals surface area contributed by atoms with E-state index in [1.165, 1.54) is 12.1 Å². The Morgan fingerprint density at radius 2 is 2.20 bits per heavy atom. The zero-order chi connectivity index (χ0) is 14.9. The van der Waals surface area contributed by atoms with Gasteiger partial charge < -0.3 is 0 Å². The van der Waals surface area contributed by atoms with E-state index in [0.29, 0.717) is 27.4 Å². The van der Waals surface area contributed by atoms with Crippen LogP contribution in [0.1, 0.15) is 28.7 Å². The molecule has 106 valence electrons. The smallest absolute Gasteiger partial charge is 0.171 e. The minimum absolute atomic E-state index is 0.0338. The maximum Gasteiger partial charge on any atom is 0.171 e. The molecule has 0 amide bonds. The Labute approximate surface area is 129 Å². The van der Waals surface area contributed by atoms with Crippen LogP contribution in [0.5, 0.6) is 0 Å². The third-order valence-electron chi connectivity index (χ3n) is 3.01. The summed E-state index contributed by atoms with van der Waals surface area (Å²) in [5.74, 6) is -0.855. The van der Waals surface area contributed by atoms with Crippen LogP contribution >= 0.6 is 27.5 Å². The quantitative estimate of drug-likeness (QED) is 0.767. The molecule has 0 spiro atoms. The summed E-state index contributed by atoms with van der Waals surface area (Å²) in [4.78, 5) is 12.2. The summed E-state index contributed by atoms with van der Waals surface area (Å²) < 4.78 is 16.1. The molecule has 6 heteroatoms. The molecular weight excluding hydrogens is 347 g/mol. The molecule has 20 heavy (non-hydrogen) atoms. The molecule has 0 saturated heterocycles. The number of rotatable bonds is 4. The fourth-order valence-corrected chi connectivity index (χ4v) is 2.54. The van der Waals surface area contributed by atoms with Gasteiger partial charge >= 0.3 is 0 Å². The van der Waals surface area contributed by atoms with Crippen molar-refractivity contribution < 1.29 is 9.18 Å². The number of nitrogens with zero attached hydrogens (tertiary/aromatic N) is 2. The Bertz CT molecular complexity index is 669. The molecule has 1 aromatic carbocycles. The molecule has 0 fully saturated rings. The molecular formula is C14H13BrClFN2O. The number of carbonyl (C=O) groups is 1. The lowest BCUT2D eigenvalue weighted by Crippen LogP contribution is -2.11. The summed E-state index contributed by atoms with van der Waals surface area (Å²) in [6.45, 7) is 4.30. The molecule has 0 saturated carbocycles. The summed E-state index contributed by atoms with van der Waals surface area (Å²) >= 11 is 9.32. The summed E-state index contributed by atoms with van der Waals surface area (Å²) in [6, 6.07) is 4.38. The summed E-state index contributed by atoms with van der Waals surface area (Å²) in [7, 11) is 0. The van der Waals surface area contributed by atoms with E-state index >= 15 is 0 Å². The van der Waals surface area contributed by atoms with Crippen molar-refractivity contribution in [2.75, 3.05) is 0 Å². The second-order valence-corrected chi connectivity index (χ2v) is 5.68. The van der Waals surface area contributed by atoms with Gasteiger partial charge in [0.15, 0.2) is 5.78 Å². The number of benzene rings is 1. The van der Waals surface area contributed by atoms with Crippen LogP contribution in [0.25, 0.3) is 0 Å². The topological polar surface area (TPSA) is 34.9 Å².